The summed E-state index contributed by atoms with van der Waals surface area (Å²) >= 11 is 3.00. The lowest BCUT2D eigenvalue weighted by atomic mass is 10.1. The average molecular weight is 482 g/mol. The molecule has 0 saturated carbocycles. The van der Waals surface area contributed by atoms with Gasteiger partial charge in [-0.05, 0) is 57.5 Å². The number of benzene rings is 2. The van der Waals surface area contributed by atoms with Crippen LogP contribution in [0.15, 0.2) is 51.4 Å². The van der Waals surface area contributed by atoms with Crippen molar-refractivity contribution in [2.75, 3.05) is 5.32 Å². The van der Waals surface area contributed by atoms with Gasteiger partial charge in [-0.1, -0.05) is 6.07 Å². The third-order valence-corrected chi connectivity index (χ3v) is 4.55. The van der Waals surface area contributed by atoms with Crippen LogP contribution >= 0.6 is 15.9 Å². The second-order valence-electron chi connectivity index (χ2n) is 6.11. The molecule has 0 aliphatic carbocycles. The second-order valence-corrected chi connectivity index (χ2v) is 6.97. The van der Waals surface area contributed by atoms with E-state index in [9.17, 15) is 18.0 Å². The SMILES string of the molecule is Cn1nnc(-c2cc3ccc(C(=O)Nc4ccc(OC(F)(F)F)c(Br)c4)cc3o2)n1. The molecular weight excluding hydrogens is 471 g/mol. The number of carbonyl (C=O) groups excluding carboxylic acids is 1. The van der Waals surface area contributed by atoms with Gasteiger partial charge in [0.2, 0.25) is 5.82 Å². The highest BCUT2D eigenvalue weighted by molar-refractivity contribution is 9.10. The van der Waals surface area contributed by atoms with E-state index in [1.807, 2.05) is 0 Å². The molecule has 30 heavy (non-hydrogen) atoms. The van der Waals surface area contributed by atoms with Crippen molar-refractivity contribution in [3.8, 4) is 17.3 Å². The molecule has 8 nitrogen and oxygen atoms in total. The Balaban J connectivity index is 1.54. The summed E-state index contributed by atoms with van der Waals surface area (Å²) in [6, 6.07) is 10.3. The number of tetrazole rings is 1. The molecule has 0 aliphatic rings. The van der Waals surface area contributed by atoms with Crippen LogP contribution in [-0.2, 0) is 7.05 Å². The van der Waals surface area contributed by atoms with Crippen LogP contribution < -0.4 is 10.1 Å². The summed E-state index contributed by atoms with van der Waals surface area (Å²) in [5, 5.41) is 15.0. The second kappa shape index (κ2) is 7.44. The van der Waals surface area contributed by atoms with E-state index >= 15 is 0 Å². The van der Waals surface area contributed by atoms with Gasteiger partial charge in [0.25, 0.3) is 5.91 Å². The Morgan fingerprint density at radius 2 is 2.00 bits per heavy atom. The summed E-state index contributed by atoms with van der Waals surface area (Å²) in [6.45, 7) is 0. The first-order chi connectivity index (χ1) is 14.2. The van der Waals surface area contributed by atoms with Crippen molar-refractivity contribution in [3.05, 3.63) is 52.5 Å². The van der Waals surface area contributed by atoms with Crippen molar-refractivity contribution in [3.63, 3.8) is 0 Å². The summed E-state index contributed by atoms with van der Waals surface area (Å²) in [5.41, 5.74) is 1.02. The zero-order valence-corrected chi connectivity index (χ0v) is 16.7. The number of rotatable bonds is 4. The van der Waals surface area contributed by atoms with Crippen LogP contribution in [0, 0.1) is 0 Å². The number of fused-ring (bicyclic) bond motifs is 1. The van der Waals surface area contributed by atoms with E-state index < -0.39 is 18.0 Å². The highest BCUT2D eigenvalue weighted by atomic mass is 79.9. The van der Waals surface area contributed by atoms with Crippen molar-refractivity contribution in [2.24, 2.45) is 7.05 Å². The maximum atomic E-state index is 12.5. The highest BCUT2D eigenvalue weighted by Gasteiger charge is 2.32. The fourth-order valence-electron chi connectivity index (χ4n) is 2.65. The van der Waals surface area contributed by atoms with E-state index in [1.165, 1.54) is 16.9 Å². The Morgan fingerprint density at radius 3 is 2.67 bits per heavy atom. The van der Waals surface area contributed by atoms with Gasteiger partial charge in [-0.3, -0.25) is 4.79 Å². The predicted octanol–water partition coefficient (Wildman–Crippen LogP) is 4.54. The van der Waals surface area contributed by atoms with Crippen LogP contribution in [0.2, 0.25) is 0 Å². The summed E-state index contributed by atoms with van der Waals surface area (Å²) in [5.74, 6) is -0.169. The number of amides is 1. The number of nitrogens with zero attached hydrogens (tertiary/aromatic N) is 4. The first-order valence-electron chi connectivity index (χ1n) is 8.32. The molecule has 2 aromatic carbocycles. The van der Waals surface area contributed by atoms with Gasteiger partial charge in [0.05, 0.1) is 11.5 Å². The molecule has 1 N–H and O–H groups in total. The first kappa shape index (κ1) is 19.9. The quantitative estimate of drug-likeness (QED) is 0.459. The maximum Gasteiger partial charge on any atom is 0.573 e. The number of carbonyl (C=O) groups is 1. The fourth-order valence-corrected chi connectivity index (χ4v) is 3.11. The van der Waals surface area contributed by atoms with E-state index in [2.05, 4.69) is 41.4 Å². The van der Waals surface area contributed by atoms with Crippen molar-refractivity contribution < 1.29 is 27.1 Å². The zero-order chi connectivity index (χ0) is 21.5. The lowest BCUT2D eigenvalue weighted by molar-refractivity contribution is -0.274. The molecule has 0 radical (unpaired) electrons. The third kappa shape index (κ3) is 4.27. The standard InChI is InChI=1S/C18H11BrF3N5O3/c1-27-25-16(24-26-27)15-6-9-2-3-10(7-14(9)29-15)17(28)23-11-4-5-13(12(19)8-11)30-18(20,21)22/h2-8H,1H3,(H,23,28). The van der Waals surface area contributed by atoms with Gasteiger partial charge in [0.15, 0.2) is 5.76 Å². The van der Waals surface area contributed by atoms with E-state index in [0.717, 1.165) is 11.5 Å². The highest BCUT2D eigenvalue weighted by Crippen LogP contribution is 2.33. The van der Waals surface area contributed by atoms with Gasteiger partial charge in [-0.2, -0.15) is 4.80 Å². The van der Waals surface area contributed by atoms with Gasteiger partial charge in [0, 0.05) is 16.6 Å². The molecule has 0 atom stereocenters. The van der Waals surface area contributed by atoms with Gasteiger partial charge in [0.1, 0.15) is 11.3 Å². The Hall–Kier alpha value is -3.41. The predicted molar refractivity (Wildman–Crippen MR) is 103 cm³/mol. The lowest BCUT2D eigenvalue weighted by Gasteiger charge is -2.12. The summed E-state index contributed by atoms with van der Waals surface area (Å²) in [7, 11) is 1.63. The van der Waals surface area contributed by atoms with E-state index in [0.29, 0.717) is 22.7 Å². The smallest absolute Gasteiger partial charge is 0.453 e. The van der Waals surface area contributed by atoms with Gasteiger partial charge < -0.3 is 14.5 Å². The normalized spacial score (nSPS) is 11.6. The minimum Gasteiger partial charge on any atom is -0.453 e. The molecule has 0 unspecified atom stereocenters. The summed E-state index contributed by atoms with van der Waals surface area (Å²) < 4.78 is 46.7. The van der Waals surface area contributed by atoms with Crippen molar-refractivity contribution >= 4 is 38.5 Å². The molecule has 0 fully saturated rings. The van der Waals surface area contributed by atoms with Crippen molar-refractivity contribution in [2.45, 2.75) is 6.36 Å². The number of anilines is 1. The molecule has 0 bridgehead atoms. The first-order valence-corrected chi connectivity index (χ1v) is 9.12. The molecule has 0 spiro atoms. The van der Waals surface area contributed by atoms with Crippen LogP contribution in [0.25, 0.3) is 22.6 Å². The molecule has 12 heteroatoms. The van der Waals surface area contributed by atoms with Crippen LogP contribution in [0.3, 0.4) is 0 Å². The van der Waals surface area contributed by atoms with Crippen molar-refractivity contribution in [1.29, 1.82) is 0 Å². The molecular formula is C18H11BrF3N5O3. The third-order valence-electron chi connectivity index (χ3n) is 3.93. The fraction of sp³-hybridized carbons (Fsp3) is 0.111. The largest absolute Gasteiger partial charge is 0.573 e. The molecule has 0 aliphatic heterocycles. The Morgan fingerprint density at radius 1 is 1.20 bits per heavy atom. The number of aromatic nitrogens is 4. The molecule has 2 aromatic heterocycles. The Kier molecular flexibility index (Phi) is 4.94. The van der Waals surface area contributed by atoms with Crippen LogP contribution in [0.1, 0.15) is 10.4 Å². The summed E-state index contributed by atoms with van der Waals surface area (Å²) in [4.78, 5) is 13.8. The topological polar surface area (TPSA) is 95.1 Å². The number of ether oxygens (including phenoxy) is 1. The van der Waals surface area contributed by atoms with E-state index in [4.69, 9.17) is 4.42 Å². The molecule has 154 valence electrons. The van der Waals surface area contributed by atoms with Gasteiger partial charge >= 0.3 is 6.36 Å². The maximum absolute atomic E-state index is 12.5. The minimum atomic E-state index is -4.81. The average Bonchev–Trinajstić information content (AvgIpc) is 3.28. The van der Waals surface area contributed by atoms with Gasteiger partial charge in [-0.25, -0.2) is 0 Å². The van der Waals surface area contributed by atoms with Crippen LogP contribution in [0.5, 0.6) is 5.75 Å². The minimum absolute atomic E-state index is 0.0419. The Bertz CT molecular complexity index is 1250. The molecule has 4 rings (SSSR count). The van der Waals surface area contributed by atoms with E-state index in [-0.39, 0.29) is 10.2 Å². The number of nitrogens with one attached hydrogen (secondary N) is 1. The molecule has 0 saturated heterocycles. The van der Waals surface area contributed by atoms with Crippen LogP contribution in [-0.4, -0.2) is 32.5 Å². The lowest BCUT2D eigenvalue weighted by Crippen LogP contribution is -2.17. The van der Waals surface area contributed by atoms with E-state index in [1.54, 1.807) is 31.3 Å². The number of hydrogen-bond donors (Lipinski definition) is 1. The number of hydrogen-bond acceptors (Lipinski definition) is 6. The Labute approximate surface area is 174 Å². The summed E-state index contributed by atoms with van der Waals surface area (Å²) in [6.07, 6.45) is -4.81. The number of alkyl halides is 3. The monoisotopic (exact) mass is 481 g/mol. The van der Waals surface area contributed by atoms with Crippen LogP contribution in [0.4, 0.5) is 18.9 Å². The molecule has 1 amide bonds. The van der Waals surface area contributed by atoms with Gasteiger partial charge in [-0.15, -0.1) is 23.4 Å². The zero-order valence-electron chi connectivity index (χ0n) is 15.1. The number of aryl methyl sites for hydroxylation is 1. The molecule has 4 aromatic rings. The number of halogens is 4. The van der Waals surface area contributed by atoms with Crippen molar-refractivity contribution in [1.82, 2.24) is 20.2 Å². The number of furan rings is 1. The molecule has 2 heterocycles.